The molecule has 0 aromatic heterocycles. The van der Waals surface area contributed by atoms with Crippen LogP contribution in [-0.2, 0) is 38.1 Å². The summed E-state index contributed by atoms with van der Waals surface area (Å²) in [5, 5.41) is 5.32. The van der Waals surface area contributed by atoms with Crippen LogP contribution >= 0.6 is 12.6 Å². The third-order valence-corrected chi connectivity index (χ3v) is 4.22. The molecule has 0 aliphatic rings. The molecule has 0 atom stereocenters. The first-order valence-corrected chi connectivity index (χ1v) is 11.4. The lowest BCUT2D eigenvalue weighted by atomic mass is 10.2. The summed E-state index contributed by atoms with van der Waals surface area (Å²) in [6, 6.07) is 0. The molecule has 0 saturated carbocycles. The van der Waals surface area contributed by atoms with E-state index in [1.54, 1.807) is 0 Å². The molecule has 11 nitrogen and oxygen atoms in total. The van der Waals surface area contributed by atoms with E-state index < -0.39 is 11.9 Å². The van der Waals surface area contributed by atoms with Gasteiger partial charge < -0.3 is 35.3 Å². The van der Waals surface area contributed by atoms with Crippen LogP contribution in [0.4, 0.5) is 0 Å². The number of ether oxygens (including phenoxy) is 4. The summed E-state index contributed by atoms with van der Waals surface area (Å²) >= 11 is 4.11. The number of nitrogens with two attached hydrogens (primary N) is 1. The van der Waals surface area contributed by atoms with E-state index in [1.807, 2.05) is 0 Å². The molecule has 186 valence electrons. The van der Waals surface area contributed by atoms with E-state index in [9.17, 15) is 19.2 Å². The minimum absolute atomic E-state index is 0.0148. The van der Waals surface area contributed by atoms with Crippen molar-refractivity contribution in [1.82, 2.24) is 10.6 Å². The molecule has 0 heterocycles. The summed E-state index contributed by atoms with van der Waals surface area (Å²) in [6.07, 6.45) is 3.19. The summed E-state index contributed by atoms with van der Waals surface area (Å²) in [4.78, 5) is 45.7. The number of rotatable bonds is 21. The van der Waals surface area contributed by atoms with Crippen LogP contribution in [0, 0.1) is 0 Å². The van der Waals surface area contributed by atoms with Gasteiger partial charge >= 0.3 is 11.9 Å². The highest BCUT2D eigenvalue weighted by molar-refractivity contribution is 7.80. The second-order valence-corrected chi connectivity index (χ2v) is 7.05. The van der Waals surface area contributed by atoms with Crippen LogP contribution in [-0.4, -0.2) is 88.8 Å². The predicted octanol–water partition coefficient (Wildman–Crippen LogP) is -0.432. The lowest BCUT2D eigenvalue weighted by Crippen LogP contribution is -2.29. The highest BCUT2D eigenvalue weighted by atomic mass is 32.1. The van der Waals surface area contributed by atoms with Gasteiger partial charge in [0.1, 0.15) is 13.2 Å². The van der Waals surface area contributed by atoms with Crippen molar-refractivity contribution in [1.29, 1.82) is 0 Å². The van der Waals surface area contributed by atoms with Crippen molar-refractivity contribution >= 4 is 36.4 Å². The van der Waals surface area contributed by atoms with Gasteiger partial charge in [-0.25, -0.2) is 0 Å². The Morgan fingerprint density at radius 2 is 1.25 bits per heavy atom. The molecule has 0 aliphatic heterocycles. The maximum atomic E-state index is 11.7. The largest absolute Gasteiger partial charge is 0.464 e. The van der Waals surface area contributed by atoms with E-state index in [2.05, 4.69) is 23.3 Å². The first-order valence-electron chi connectivity index (χ1n) is 10.8. The number of amides is 2. The molecule has 0 unspecified atom stereocenters. The SMILES string of the molecule is NCC(=O)OCCOCCOCCNC(=O)CCC(=O)OCCNC(=O)CCCCCS. The van der Waals surface area contributed by atoms with Crippen molar-refractivity contribution in [3.63, 3.8) is 0 Å². The average molecular weight is 480 g/mol. The van der Waals surface area contributed by atoms with Gasteiger partial charge in [-0.05, 0) is 18.6 Å². The Kier molecular flexibility index (Phi) is 21.0. The zero-order chi connectivity index (χ0) is 23.9. The summed E-state index contributed by atoms with van der Waals surface area (Å²) in [5.41, 5.74) is 5.09. The standard InChI is InChI=1S/C20H37N3O8S/c21-16-20(27)31-14-13-29-12-11-28-9-7-22-18(25)5-6-19(26)30-10-8-23-17(24)4-2-1-3-15-32/h32H,1-16,21H2,(H,22,25)(H,23,24). The minimum Gasteiger partial charge on any atom is -0.464 e. The fraction of sp³-hybridized carbons (Fsp3) is 0.800. The molecule has 0 aliphatic carbocycles. The molecule has 0 bridgehead atoms. The number of unbranched alkanes of at least 4 members (excludes halogenated alkanes) is 2. The number of thiol groups is 1. The van der Waals surface area contributed by atoms with Crippen LogP contribution in [0.3, 0.4) is 0 Å². The van der Waals surface area contributed by atoms with Crippen molar-refractivity contribution in [2.24, 2.45) is 5.73 Å². The highest BCUT2D eigenvalue weighted by Crippen LogP contribution is 2.00. The number of carbonyl (C=O) groups excluding carboxylic acids is 4. The third-order valence-electron chi connectivity index (χ3n) is 3.90. The van der Waals surface area contributed by atoms with Gasteiger partial charge in [-0.3, -0.25) is 19.2 Å². The van der Waals surface area contributed by atoms with Gasteiger partial charge in [0.15, 0.2) is 0 Å². The van der Waals surface area contributed by atoms with Crippen LogP contribution in [0.2, 0.25) is 0 Å². The van der Waals surface area contributed by atoms with Crippen molar-refractivity contribution < 1.29 is 38.1 Å². The molecular formula is C20H37N3O8S. The molecule has 0 saturated heterocycles. The maximum Gasteiger partial charge on any atom is 0.319 e. The lowest BCUT2D eigenvalue weighted by molar-refractivity contribution is -0.145. The second kappa shape index (κ2) is 22.3. The normalized spacial score (nSPS) is 10.4. The first-order chi connectivity index (χ1) is 15.5. The Bertz CT molecular complexity index is 537. The fourth-order valence-corrected chi connectivity index (χ4v) is 2.48. The summed E-state index contributed by atoms with van der Waals surface area (Å²) in [6.45, 7) is 1.84. The molecule has 0 radical (unpaired) electrons. The molecule has 0 fully saturated rings. The van der Waals surface area contributed by atoms with Crippen molar-refractivity contribution in [2.45, 2.75) is 38.5 Å². The van der Waals surface area contributed by atoms with E-state index in [1.165, 1.54) is 0 Å². The van der Waals surface area contributed by atoms with Gasteiger partial charge in [-0.1, -0.05) is 6.42 Å². The van der Waals surface area contributed by atoms with Gasteiger partial charge in [0, 0.05) is 19.4 Å². The molecule has 0 aromatic rings. The highest BCUT2D eigenvalue weighted by Gasteiger charge is 2.08. The van der Waals surface area contributed by atoms with E-state index in [0.29, 0.717) is 32.8 Å². The van der Waals surface area contributed by atoms with Crippen molar-refractivity contribution in [2.75, 3.05) is 65.0 Å². The zero-order valence-electron chi connectivity index (χ0n) is 18.6. The number of nitrogens with one attached hydrogen (secondary N) is 2. The first kappa shape index (κ1) is 30.1. The molecule has 0 aromatic carbocycles. The van der Waals surface area contributed by atoms with Crippen molar-refractivity contribution in [3.8, 4) is 0 Å². The quantitative estimate of drug-likeness (QED) is 0.0974. The van der Waals surface area contributed by atoms with Gasteiger partial charge in [0.25, 0.3) is 0 Å². The van der Waals surface area contributed by atoms with Crippen LogP contribution in [0.25, 0.3) is 0 Å². The van der Waals surface area contributed by atoms with Gasteiger partial charge in [0.05, 0.1) is 45.9 Å². The van der Waals surface area contributed by atoms with Crippen LogP contribution in [0.1, 0.15) is 38.5 Å². The predicted molar refractivity (Wildman–Crippen MR) is 120 cm³/mol. The monoisotopic (exact) mass is 479 g/mol. The Hall–Kier alpha value is -1.89. The van der Waals surface area contributed by atoms with E-state index in [0.717, 1.165) is 25.0 Å². The molecule has 0 spiro atoms. The Balaban J connectivity index is 3.44. The minimum atomic E-state index is -0.492. The summed E-state index contributed by atoms with van der Waals surface area (Å²) < 4.78 is 20.2. The van der Waals surface area contributed by atoms with E-state index in [-0.39, 0.29) is 57.6 Å². The molecule has 12 heteroatoms. The topological polar surface area (TPSA) is 155 Å². The number of hydrogen-bond acceptors (Lipinski definition) is 10. The smallest absolute Gasteiger partial charge is 0.319 e. The van der Waals surface area contributed by atoms with Gasteiger partial charge in [-0.2, -0.15) is 12.6 Å². The van der Waals surface area contributed by atoms with Crippen LogP contribution in [0.15, 0.2) is 0 Å². The van der Waals surface area contributed by atoms with Crippen LogP contribution < -0.4 is 16.4 Å². The Morgan fingerprint density at radius 1 is 0.656 bits per heavy atom. The van der Waals surface area contributed by atoms with Crippen molar-refractivity contribution in [3.05, 3.63) is 0 Å². The van der Waals surface area contributed by atoms with E-state index >= 15 is 0 Å². The number of carbonyl (C=O) groups is 4. The number of esters is 2. The molecule has 0 rings (SSSR count). The number of hydrogen-bond donors (Lipinski definition) is 4. The third kappa shape index (κ3) is 21.3. The Morgan fingerprint density at radius 3 is 1.94 bits per heavy atom. The average Bonchev–Trinajstić information content (AvgIpc) is 2.79. The lowest BCUT2D eigenvalue weighted by Gasteiger charge is -2.08. The summed E-state index contributed by atoms with van der Waals surface area (Å²) in [5.74, 6) is -0.505. The second-order valence-electron chi connectivity index (χ2n) is 6.60. The summed E-state index contributed by atoms with van der Waals surface area (Å²) in [7, 11) is 0. The van der Waals surface area contributed by atoms with Gasteiger partial charge in [0.2, 0.25) is 11.8 Å². The van der Waals surface area contributed by atoms with E-state index in [4.69, 9.17) is 24.7 Å². The van der Waals surface area contributed by atoms with Gasteiger partial charge in [-0.15, -0.1) is 0 Å². The van der Waals surface area contributed by atoms with Crippen LogP contribution in [0.5, 0.6) is 0 Å². The molecule has 2 amide bonds. The molecule has 32 heavy (non-hydrogen) atoms. The molecular weight excluding hydrogens is 442 g/mol. The maximum absolute atomic E-state index is 11.7. The fourth-order valence-electron chi connectivity index (χ4n) is 2.25. The molecule has 4 N–H and O–H groups in total. The Labute approximate surface area is 194 Å². The zero-order valence-corrected chi connectivity index (χ0v) is 19.5.